The zero-order valence-corrected chi connectivity index (χ0v) is 11.4. The van der Waals surface area contributed by atoms with Gasteiger partial charge in [0, 0.05) is 22.8 Å². The second-order valence-electron chi connectivity index (χ2n) is 4.73. The summed E-state index contributed by atoms with van der Waals surface area (Å²) in [7, 11) is 0. The van der Waals surface area contributed by atoms with E-state index in [0.717, 1.165) is 28.1 Å². The Bertz CT molecular complexity index is 620. The maximum Gasteiger partial charge on any atom is 0.0992 e. The molecule has 0 aliphatic heterocycles. The van der Waals surface area contributed by atoms with Crippen LogP contribution in [0.25, 0.3) is 11.1 Å². The molecule has 0 saturated heterocycles. The third kappa shape index (κ3) is 2.46. The van der Waals surface area contributed by atoms with Crippen LogP contribution in [0, 0.1) is 17.2 Å². The summed E-state index contributed by atoms with van der Waals surface area (Å²) in [4.78, 5) is 0. The first-order chi connectivity index (χ1) is 8.74. The predicted molar refractivity (Wildman–Crippen MR) is 72.8 cm³/mol. The molecule has 1 aromatic heterocycles. The first kappa shape index (κ1) is 11.5. The quantitative estimate of drug-likeness (QED) is 0.869. The van der Waals surface area contributed by atoms with Crippen LogP contribution in [0.4, 0.5) is 0 Å². The van der Waals surface area contributed by atoms with E-state index in [1.54, 1.807) is 0 Å². The molecule has 1 saturated carbocycles. The highest BCUT2D eigenvalue weighted by atomic mass is 79.9. The van der Waals surface area contributed by atoms with Gasteiger partial charge in [0.15, 0.2) is 0 Å². The Hall–Kier alpha value is -1.60. The van der Waals surface area contributed by atoms with Crippen molar-refractivity contribution in [3.8, 4) is 17.2 Å². The van der Waals surface area contributed by atoms with E-state index in [1.165, 1.54) is 12.8 Å². The van der Waals surface area contributed by atoms with Crippen molar-refractivity contribution in [2.75, 3.05) is 0 Å². The van der Waals surface area contributed by atoms with Crippen molar-refractivity contribution in [1.29, 1.82) is 5.26 Å². The molecule has 0 radical (unpaired) electrons. The molecule has 0 N–H and O–H groups in total. The monoisotopic (exact) mass is 301 g/mol. The van der Waals surface area contributed by atoms with Gasteiger partial charge in [0.25, 0.3) is 0 Å². The molecule has 0 bridgehead atoms. The van der Waals surface area contributed by atoms with Gasteiger partial charge in [-0.15, -0.1) is 0 Å². The zero-order valence-electron chi connectivity index (χ0n) is 9.81. The van der Waals surface area contributed by atoms with Crippen LogP contribution in [-0.4, -0.2) is 9.78 Å². The van der Waals surface area contributed by atoms with Gasteiger partial charge in [-0.25, -0.2) is 0 Å². The van der Waals surface area contributed by atoms with Crippen LogP contribution in [0.1, 0.15) is 18.4 Å². The first-order valence-corrected chi connectivity index (χ1v) is 6.77. The molecule has 3 nitrogen and oxygen atoms in total. The number of nitriles is 1. The van der Waals surface area contributed by atoms with Gasteiger partial charge in [-0.1, -0.05) is 15.9 Å². The van der Waals surface area contributed by atoms with E-state index in [2.05, 4.69) is 33.3 Å². The molecule has 90 valence electrons. The Morgan fingerprint density at radius 3 is 2.89 bits per heavy atom. The second-order valence-corrected chi connectivity index (χ2v) is 5.65. The number of benzene rings is 1. The molecule has 3 rings (SSSR count). The molecular weight excluding hydrogens is 290 g/mol. The van der Waals surface area contributed by atoms with Crippen molar-refractivity contribution in [3.63, 3.8) is 0 Å². The number of hydrogen-bond acceptors (Lipinski definition) is 2. The number of halogens is 1. The number of nitrogens with zero attached hydrogens (tertiary/aromatic N) is 3. The van der Waals surface area contributed by atoms with Crippen LogP contribution >= 0.6 is 15.9 Å². The zero-order chi connectivity index (χ0) is 12.5. The normalized spacial score (nSPS) is 14.4. The van der Waals surface area contributed by atoms with Crippen LogP contribution in [0.3, 0.4) is 0 Å². The van der Waals surface area contributed by atoms with Crippen LogP contribution in [0.2, 0.25) is 0 Å². The molecule has 1 aromatic carbocycles. The number of hydrogen-bond donors (Lipinski definition) is 0. The Morgan fingerprint density at radius 1 is 1.33 bits per heavy atom. The molecule has 4 heteroatoms. The summed E-state index contributed by atoms with van der Waals surface area (Å²) < 4.78 is 2.92. The molecule has 0 unspecified atom stereocenters. The summed E-state index contributed by atoms with van der Waals surface area (Å²) in [6.45, 7) is 1.01. The lowest BCUT2D eigenvalue weighted by Crippen LogP contribution is -1.98. The van der Waals surface area contributed by atoms with E-state index in [9.17, 15) is 0 Å². The molecule has 1 aliphatic carbocycles. The maximum atomic E-state index is 8.97. The summed E-state index contributed by atoms with van der Waals surface area (Å²) in [6, 6.07) is 7.89. The largest absolute Gasteiger partial charge is 0.272 e. The van der Waals surface area contributed by atoms with E-state index in [1.807, 2.05) is 29.1 Å². The van der Waals surface area contributed by atoms with Gasteiger partial charge in [-0.05, 0) is 42.5 Å². The molecule has 0 amide bonds. The molecule has 1 heterocycles. The van der Waals surface area contributed by atoms with Crippen LogP contribution in [-0.2, 0) is 6.54 Å². The Morgan fingerprint density at radius 2 is 2.17 bits per heavy atom. The van der Waals surface area contributed by atoms with Gasteiger partial charge in [0.05, 0.1) is 17.8 Å². The van der Waals surface area contributed by atoms with E-state index >= 15 is 0 Å². The van der Waals surface area contributed by atoms with Crippen molar-refractivity contribution in [2.24, 2.45) is 5.92 Å². The van der Waals surface area contributed by atoms with Crippen molar-refractivity contribution in [1.82, 2.24) is 9.78 Å². The average Bonchev–Trinajstić information content (AvgIpc) is 3.04. The Kier molecular flexibility index (Phi) is 2.92. The van der Waals surface area contributed by atoms with Gasteiger partial charge >= 0.3 is 0 Å². The van der Waals surface area contributed by atoms with E-state index < -0.39 is 0 Å². The molecule has 1 fully saturated rings. The van der Waals surface area contributed by atoms with Gasteiger partial charge in [0.2, 0.25) is 0 Å². The van der Waals surface area contributed by atoms with Crippen molar-refractivity contribution >= 4 is 15.9 Å². The number of rotatable bonds is 3. The first-order valence-electron chi connectivity index (χ1n) is 5.98. The number of aromatic nitrogens is 2. The van der Waals surface area contributed by atoms with E-state index in [4.69, 9.17) is 5.26 Å². The molecule has 1 aliphatic rings. The lowest BCUT2D eigenvalue weighted by molar-refractivity contribution is 0.563. The fourth-order valence-electron chi connectivity index (χ4n) is 2.00. The van der Waals surface area contributed by atoms with Gasteiger partial charge in [-0.3, -0.25) is 4.68 Å². The summed E-state index contributed by atoms with van der Waals surface area (Å²) >= 11 is 3.43. The van der Waals surface area contributed by atoms with Crippen molar-refractivity contribution < 1.29 is 0 Å². The van der Waals surface area contributed by atoms with Gasteiger partial charge < -0.3 is 0 Å². The average molecular weight is 302 g/mol. The lowest BCUT2D eigenvalue weighted by Gasteiger charge is -2.00. The summed E-state index contributed by atoms with van der Waals surface area (Å²) in [5, 5.41) is 13.4. The van der Waals surface area contributed by atoms with Crippen molar-refractivity contribution in [3.05, 3.63) is 40.6 Å². The van der Waals surface area contributed by atoms with Gasteiger partial charge in [-0.2, -0.15) is 10.4 Å². The Balaban J connectivity index is 1.91. The van der Waals surface area contributed by atoms with Crippen LogP contribution in [0.5, 0.6) is 0 Å². The second kappa shape index (κ2) is 4.58. The Labute approximate surface area is 114 Å². The predicted octanol–water partition coefficient (Wildman–Crippen LogP) is 3.59. The van der Waals surface area contributed by atoms with Crippen molar-refractivity contribution in [2.45, 2.75) is 19.4 Å². The maximum absolute atomic E-state index is 8.97. The summed E-state index contributed by atoms with van der Waals surface area (Å²) in [6.07, 6.45) is 6.57. The highest BCUT2D eigenvalue weighted by Gasteiger charge is 2.22. The molecule has 0 atom stereocenters. The highest BCUT2D eigenvalue weighted by Crippen LogP contribution is 2.31. The molecule has 18 heavy (non-hydrogen) atoms. The fraction of sp³-hybridized carbons (Fsp3) is 0.286. The highest BCUT2D eigenvalue weighted by molar-refractivity contribution is 9.10. The minimum atomic E-state index is 0.661. The molecule has 0 spiro atoms. The summed E-state index contributed by atoms with van der Waals surface area (Å²) in [5.41, 5.74) is 2.76. The van der Waals surface area contributed by atoms with E-state index in [0.29, 0.717) is 5.56 Å². The fourth-order valence-corrected chi connectivity index (χ4v) is 2.49. The lowest BCUT2D eigenvalue weighted by atomic mass is 10.1. The topological polar surface area (TPSA) is 41.6 Å². The third-order valence-corrected chi connectivity index (χ3v) is 3.59. The third-order valence-electron chi connectivity index (χ3n) is 3.14. The smallest absolute Gasteiger partial charge is 0.0992 e. The van der Waals surface area contributed by atoms with Crippen LogP contribution < -0.4 is 0 Å². The SMILES string of the molecule is N#Cc1cc(Br)cc(-c2cnn(CC3CC3)c2)c1. The van der Waals surface area contributed by atoms with Crippen LogP contribution in [0.15, 0.2) is 35.1 Å². The van der Waals surface area contributed by atoms with E-state index in [-0.39, 0.29) is 0 Å². The van der Waals surface area contributed by atoms with Gasteiger partial charge in [0.1, 0.15) is 0 Å². The minimum Gasteiger partial charge on any atom is -0.272 e. The minimum absolute atomic E-state index is 0.661. The summed E-state index contributed by atoms with van der Waals surface area (Å²) in [5.74, 6) is 0.815. The standard InChI is InChI=1S/C14H12BrN3/c15-14-4-11(6-16)3-12(5-14)13-7-17-18(9-13)8-10-1-2-10/h3-5,7,9-10H,1-2,8H2. The molecular formula is C14H12BrN3. The molecule has 2 aromatic rings.